The average molecular weight is 468 g/mol. The lowest BCUT2D eigenvalue weighted by atomic mass is 10.2. The Kier molecular flexibility index (Phi) is 23.3. The van der Waals surface area contributed by atoms with E-state index in [1.54, 1.807) is 6.92 Å². The summed E-state index contributed by atoms with van der Waals surface area (Å²) < 4.78 is 24.7. The molecule has 1 atom stereocenters. The summed E-state index contributed by atoms with van der Waals surface area (Å²) in [7, 11) is 2.05. The van der Waals surface area contributed by atoms with Crippen molar-refractivity contribution in [2.24, 2.45) is 0 Å². The van der Waals surface area contributed by atoms with Gasteiger partial charge in [-0.15, -0.1) is 6.58 Å². The second-order valence-electron chi connectivity index (χ2n) is 7.76. The van der Waals surface area contributed by atoms with Gasteiger partial charge in [-0.1, -0.05) is 61.1 Å². The smallest absolute Gasteiger partial charge is 0.242 e. The molecule has 0 aliphatic heterocycles. The molecule has 0 bridgehead atoms. The normalized spacial score (nSPS) is 14.1. The first-order valence-electron chi connectivity index (χ1n) is 11.7. The first kappa shape index (κ1) is 33.2. The lowest BCUT2D eigenvalue weighted by molar-refractivity contribution is -0.0157. The molecule has 0 saturated heterocycles. The molecule has 0 rings (SSSR count). The van der Waals surface area contributed by atoms with Crippen LogP contribution in [0.4, 0.5) is 8.78 Å². The molecule has 0 saturated carbocycles. The Bertz CT molecular complexity index is 625. The standard InChI is InChI=1S/C21H37F2N3O.C6H10/c1-6-9-11-19(10-7-2)17-25(5)13-14-26(12-8-3)21(27)24-16-18(4)15-20(22)23;1-3-5-6-4-2/h6-7,9-11,16,20-21,24,27H,8,12-15,17H2,1-5H3;3-4,6H,1,5H2,2H3/b9-6+,10-7-,18-16+,19-11+;6-4-. The number of hydrogen-bond acceptors (Lipinski definition) is 4. The molecule has 0 heterocycles. The van der Waals surface area contributed by atoms with Crippen molar-refractivity contribution in [2.75, 3.05) is 33.2 Å². The second kappa shape index (κ2) is 23.1. The van der Waals surface area contributed by atoms with Gasteiger partial charge in [-0.25, -0.2) is 8.78 Å². The van der Waals surface area contributed by atoms with Gasteiger partial charge in [0.25, 0.3) is 0 Å². The molecule has 0 aromatic heterocycles. The van der Waals surface area contributed by atoms with Crippen LogP contribution < -0.4 is 5.32 Å². The fourth-order valence-corrected chi connectivity index (χ4v) is 2.79. The number of aliphatic hydroxyl groups is 1. The number of alkyl halides is 2. The average Bonchev–Trinajstić information content (AvgIpc) is 2.77. The number of hydrogen-bond donors (Lipinski definition) is 2. The molecule has 6 heteroatoms. The predicted octanol–water partition coefficient (Wildman–Crippen LogP) is 6.27. The summed E-state index contributed by atoms with van der Waals surface area (Å²) in [5.41, 5.74) is 1.73. The number of nitrogens with one attached hydrogen (secondary N) is 1. The molecule has 0 aliphatic carbocycles. The van der Waals surface area contributed by atoms with Crippen LogP contribution in [-0.4, -0.2) is 60.9 Å². The maximum Gasteiger partial charge on any atom is 0.242 e. The Morgan fingerprint density at radius 3 is 2.27 bits per heavy atom. The van der Waals surface area contributed by atoms with Gasteiger partial charge in [-0.2, -0.15) is 0 Å². The Morgan fingerprint density at radius 1 is 1.09 bits per heavy atom. The highest BCUT2D eigenvalue weighted by Gasteiger charge is 2.14. The molecule has 0 amide bonds. The Balaban J connectivity index is 0. The fraction of sp³-hybridized carbons (Fsp3) is 0.556. The van der Waals surface area contributed by atoms with Crippen molar-refractivity contribution in [3.63, 3.8) is 0 Å². The molecule has 4 nitrogen and oxygen atoms in total. The molecule has 1 unspecified atom stereocenters. The minimum atomic E-state index is -2.37. The van der Waals surface area contributed by atoms with Gasteiger partial charge in [0.05, 0.1) is 0 Å². The molecule has 0 aromatic rings. The number of rotatable bonds is 16. The number of aliphatic hydroxyl groups excluding tert-OH is 1. The van der Waals surface area contributed by atoms with E-state index in [1.165, 1.54) is 11.8 Å². The summed E-state index contributed by atoms with van der Waals surface area (Å²) in [5.74, 6) is 0. The van der Waals surface area contributed by atoms with Crippen LogP contribution in [0.15, 0.2) is 72.5 Å². The van der Waals surface area contributed by atoms with E-state index in [0.717, 1.165) is 32.5 Å². The summed E-state index contributed by atoms with van der Waals surface area (Å²) in [4.78, 5) is 4.11. The fourth-order valence-electron chi connectivity index (χ4n) is 2.79. The largest absolute Gasteiger partial charge is 0.361 e. The molecule has 190 valence electrons. The van der Waals surface area contributed by atoms with E-state index in [1.807, 2.05) is 70.0 Å². The van der Waals surface area contributed by atoms with Gasteiger partial charge in [0.2, 0.25) is 6.43 Å². The van der Waals surface area contributed by atoms with E-state index in [9.17, 15) is 13.9 Å². The lowest BCUT2D eigenvalue weighted by Crippen LogP contribution is -2.47. The van der Waals surface area contributed by atoms with Crippen LogP contribution in [0.3, 0.4) is 0 Å². The SMILES string of the molecule is C=CC/C=C\C.C\C=C/C(=C\C=C\C)CN(C)CCN(CCC)C(O)N/C=C(\C)CC(F)F. The minimum Gasteiger partial charge on any atom is -0.361 e. The molecule has 0 radical (unpaired) electrons. The van der Waals surface area contributed by atoms with Gasteiger partial charge in [-0.3, -0.25) is 4.90 Å². The number of halogens is 2. The third-order valence-corrected chi connectivity index (χ3v) is 4.46. The van der Waals surface area contributed by atoms with Crippen molar-refractivity contribution < 1.29 is 13.9 Å². The van der Waals surface area contributed by atoms with Crippen LogP contribution >= 0.6 is 0 Å². The highest BCUT2D eigenvalue weighted by molar-refractivity contribution is 5.24. The zero-order chi connectivity index (χ0) is 25.5. The van der Waals surface area contributed by atoms with Gasteiger partial charge in [0.1, 0.15) is 0 Å². The second-order valence-corrected chi connectivity index (χ2v) is 7.76. The quantitative estimate of drug-likeness (QED) is 0.159. The van der Waals surface area contributed by atoms with E-state index in [2.05, 4.69) is 35.0 Å². The Morgan fingerprint density at radius 2 is 1.79 bits per heavy atom. The van der Waals surface area contributed by atoms with Crippen LogP contribution in [0.5, 0.6) is 0 Å². The molecule has 0 spiro atoms. The third kappa shape index (κ3) is 21.6. The van der Waals surface area contributed by atoms with Crippen molar-refractivity contribution >= 4 is 0 Å². The molecule has 33 heavy (non-hydrogen) atoms. The lowest BCUT2D eigenvalue weighted by Gasteiger charge is -2.29. The Labute approximate surface area is 201 Å². The van der Waals surface area contributed by atoms with Gasteiger partial charge < -0.3 is 15.3 Å². The Hall–Kier alpha value is -2.02. The number of nitrogens with zero attached hydrogens (tertiary/aromatic N) is 2. The third-order valence-electron chi connectivity index (χ3n) is 4.46. The van der Waals surface area contributed by atoms with Gasteiger partial charge in [0, 0.05) is 32.6 Å². The zero-order valence-electron chi connectivity index (χ0n) is 21.6. The maximum atomic E-state index is 12.4. The monoisotopic (exact) mass is 467 g/mol. The summed E-state index contributed by atoms with van der Waals surface area (Å²) in [6, 6.07) is 0. The van der Waals surface area contributed by atoms with Crippen molar-refractivity contribution in [1.82, 2.24) is 15.1 Å². The van der Waals surface area contributed by atoms with Crippen LogP contribution in [0.2, 0.25) is 0 Å². The summed E-state index contributed by atoms with van der Waals surface area (Å²) in [5, 5.41) is 13.2. The molecular formula is C27H47F2N3O. The van der Waals surface area contributed by atoms with Crippen molar-refractivity contribution in [3.8, 4) is 0 Å². The minimum absolute atomic E-state index is 0.289. The molecular weight excluding hydrogens is 420 g/mol. The van der Waals surface area contributed by atoms with Crippen LogP contribution in [0, 0.1) is 0 Å². The maximum absolute atomic E-state index is 12.4. The van der Waals surface area contributed by atoms with Crippen molar-refractivity contribution in [3.05, 3.63) is 72.5 Å². The van der Waals surface area contributed by atoms with Crippen molar-refractivity contribution in [2.45, 2.75) is 66.7 Å². The highest BCUT2D eigenvalue weighted by Crippen LogP contribution is 2.08. The van der Waals surface area contributed by atoms with E-state index in [0.29, 0.717) is 12.1 Å². The van der Waals surface area contributed by atoms with Crippen molar-refractivity contribution in [1.29, 1.82) is 0 Å². The van der Waals surface area contributed by atoms with Gasteiger partial charge >= 0.3 is 0 Å². The molecule has 2 N–H and O–H groups in total. The number of likely N-dealkylation sites (N-methyl/N-ethyl adjacent to an activating group) is 1. The first-order chi connectivity index (χ1) is 15.7. The number of allylic oxidation sites excluding steroid dienone is 8. The van der Waals surface area contributed by atoms with E-state index >= 15 is 0 Å². The topological polar surface area (TPSA) is 38.7 Å². The summed E-state index contributed by atoms with van der Waals surface area (Å²) >= 11 is 0. The molecule has 0 aromatic carbocycles. The van der Waals surface area contributed by atoms with Crippen LogP contribution in [0.25, 0.3) is 0 Å². The molecule has 0 aliphatic rings. The summed E-state index contributed by atoms with van der Waals surface area (Å²) in [6.45, 7) is 16.2. The van der Waals surface area contributed by atoms with E-state index in [-0.39, 0.29) is 6.42 Å². The first-order valence-corrected chi connectivity index (χ1v) is 11.7. The van der Waals surface area contributed by atoms with Gasteiger partial charge in [0.15, 0.2) is 6.35 Å². The van der Waals surface area contributed by atoms with E-state index in [4.69, 9.17) is 0 Å². The molecule has 0 fully saturated rings. The van der Waals surface area contributed by atoms with Crippen LogP contribution in [0.1, 0.15) is 53.9 Å². The summed E-state index contributed by atoms with van der Waals surface area (Å²) in [6.07, 6.45) is 16.0. The van der Waals surface area contributed by atoms with E-state index < -0.39 is 12.8 Å². The predicted molar refractivity (Wildman–Crippen MR) is 140 cm³/mol. The zero-order valence-corrected chi connectivity index (χ0v) is 21.6. The van der Waals surface area contributed by atoms with Gasteiger partial charge in [-0.05, 0) is 59.4 Å². The van der Waals surface area contributed by atoms with Crippen LogP contribution in [-0.2, 0) is 0 Å². The highest BCUT2D eigenvalue weighted by atomic mass is 19.3.